The van der Waals surface area contributed by atoms with E-state index < -0.39 is 40.5 Å². The summed E-state index contributed by atoms with van der Waals surface area (Å²) in [6, 6.07) is 17.2. The highest BCUT2D eigenvalue weighted by Crippen LogP contribution is 2.30. The zero-order valence-electron chi connectivity index (χ0n) is 18.3. The van der Waals surface area contributed by atoms with Crippen LogP contribution >= 0.6 is 11.3 Å². The maximum atomic E-state index is 13.5. The van der Waals surface area contributed by atoms with Crippen LogP contribution in [0.3, 0.4) is 0 Å². The number of carbonyl (C=O) groups is 2. The topological polar surface area (TPSA) is 104 Å². The van der Waals surface area contributed by atoms with Crippen molar-refractivity contribution in [2.24, 2.45) is 0 Å². The van der Waals surface area contributed by atoms with Gasteiger partial charge in [0.2, 0.25) is 15.9 Å². The lowest BCUT2D eigenvalue weighted by Crippen LogP contribution is -2.48. The van der Waals surface area contributed by atoms with Crippen LogP contribution in [0, 0.1) is 6.92 Å². The summed E-state index contributed by atoms with van der Waals surface area (Å²) < 4.78 is 28.0. The van der Waals surface area contributed by atoms with E-state index in [9.17, 15) is 23.1 Å². The zero-order chi connectivity index (χ0) is 24.0. The summed E-state index contributed by atoms with van der Waals surface area (Å²) in [4.78, 5) is 25.5. The number of benzene rings is 2. The van der Waals surface area contributed by atoms with Crippen LogP contribution in [-0.4, -0.2) is 42.3 Å². The number of carboxylic acids is 1. The number of hydrogen-bond donors (Lipinski definition) is 2. The van der Waals surface area contributed by atoms with Crippen molar-refractivity contribution < 1.29 is 23.1 Å². The number of thiophene rings is 1. The van der Waals surface area contributed by atoms with Gasteiger partial charge in [0.25, 0.3) is 0 Å². The molecule has 2 N–H and O–H groups in total. The van der Waals surface area contributed by atoms with Crippen molar-refractivity contribution in [3.63, 3.8) is 0 Å². The van der Waals surface area contributed by atoms with Gasteiger partial charge >= 0.3 is 5.97 Å². The van der Waals surface area contributed by atoms with Gasteiger partial charge in [-0.3, -0.25) is 4.79 Å². The fourth-order valence-corrected chi connectivity index (χ4v) is 5.81. The molecule has 2 aromatic carbocycles. The molecule has 0 aliphatic rings. The van der Waals surface area contributed by atoms with Crippen molar-refractivity contribution >= 4 is 33.2 Å². The molecular formula is C24H26N2O5S2. The van der Waals surface area contributed by atoms with Gasteiger partial charge < -0.3 is 10.4 Å². The fraction of sp³-hybridized carbons (Fsp3) is 0.250. The van der Waals surface area contributed by atoms with E-state index in [0.717, 1.165) is 20.3 Å². The Morgan fingerprint density at radius 1 is 1.03 bits per heavy atom. The highest BCUT2D eigenvalue weighted by atomic mass is 32.2. The molecule has 7 nitrogen and oxygen atoms in total. The third-order valence-electron chi connectivity index (χ3n) is 5.23. The molecule has 3 aromatic rings. The van der Waals surface area contributed by atoms with Crippen LogP contribution < -0.4 is 5.32 Å². The fourth-order valence-electron chi connectivity index (χ4n) is 3.38. The van der Waals surface area contributed by atoms with Crippen molar-refractivity contribution in [2.75, 3.05) is 6.54 Å². The quantitative estimate of drug-likeness (QED) is 0.456. The largest absolute Gasteiger partial charge is 0.480 e. The molecule has 174 valence electrons. The molecule has 0 bridgehead atoms. The van der Waals surface area contributed by atoms with E-state index in [0.29, 0.717) is 0 Å². The van der Waals surface area contributed by atoms with Gasteiger partial charge in [0.15, 0.2) is 0 Å². The van der Waals surface area contributed by atoms with Gasteiger partial charge in [-0.25, -0.2) is 13.2 Å². The maximum Gasteiger partial charge on any atom is 0.326 e. The van der Waals surface area contributed by atoms with E-state index in [4.69, 9.17) is 0 Å². The number of amides is 1. The molecule has 0 aliphatic carbocycles. The van der Waals surface area contributed by atoms with Crippen LogP contribution in [-0.2, 0) is 26.0 Å². The van der Waals surface area contributed by atoms with E-state index in [-0.39, 0.29) is 11.3 Å². The third-order valence-corrected chi connectivity index (χ3v) is 8.20. The maximum absolute atomic E-state index is 13.5. The minimum atomic E-state index is -4.02. The van der Waals surface area contributed by atoms with Crippen molar-refractivity contribution in [2.45, 2.75) is 37.2 Å². The molecule has 0 saturated carbocycles. The molecule has 0 spiro atoms. The van der Waals surface area contributed by atoms with Gasteiger partial charge in [-0.15, -0.1) is 11.3 Å². The molecule has 3 rings (SSSR count). The number of hydrogen-bond acceptors (Lipinski definition) is 5. The van der Waals surface area contributed by atoms with Crippen LogP contribution in [0.25, 0.3) is 0 Å². The highest BCUT2D eigenvalue weighted by molar-refractivity contribution is 7.89. The van der Waals surface area contributed by atoms with E-state index in [2.05, 4.69) is 5.32 Å². The summed E-state index contributed by atoms with van der Waals surface area (Å²) in [6.07, 6.45) is 0.0904. The smallest absolute Gasteiger partial charge is 0.326 e. The number of carboxylic acid groups (broad SMARTS) is 1. The molecular weight excluding hydrogens is 460 g/mol. The zero-order valence-corrected chi connectivity index (χ0v) is 20.0. The van der Waals surface area contributed by atoms with Gasteiger partial charge in [-0.05, 0) is 43.0 Å². The monoisotopic (exact) mass is 486 g/mol. The van der Waals surface area contributed by atoms with Gasteiger partial charge in [-0.2, -0.15) is 4.31 Å². The predicted molar refractivity (Wildman–Crippen MR) is 128 cm³/mol. The number of carbonyl (C=O) groups excluding carboxylic acids is 1. The molecule has 0 radical (unpaired) electrons. The first-order valence-electron chi connectivity index (χ1n) is 10.4. The van der Waals surface area contributed by atoms with Crippen LogP contribution in [0.15, 0.2) is 77.0 Å². The average Bonchev–Trinajstić information content (AvgIpc) is 3.32. The van der Waals surface area contributed by atoms with Crippen molar-refractivity contribution in [3.8, 4) is 0 Å². The van der Waals surface area contributed by atoms with Crippen LogP contribution in [0.4, 0.5) is 0 Å². The molecule has 0 fully saturated rings. The Morgan fingerprint density at radius 2 is 1.70 bits per heavy atom. The lowest BCUT2D eigenvalue weighted by Gasteiger charge is -2.28. The Morgan fingerprint density at radius 3 is 2.27 bits per heavy atom. The first kappa shape index (κ1) is 24.6. The SMILES string of the molecule is Cc1ccc(S(=O)(=O)N(CC(=O)N[C@@H](Cc2ccccc2)C(=O)O)C(C)c2cccs2)cc1. The molecule has 9 heteroatoms. The Hall–Kier alpha value is -3.01. The summed E-state index contributed by atoms with van der Waals surface area (Å²) in [5.41, 5.74) is 1.66. The summed E-state index contributed by atoms with van der Waals surface area (Å²) in [7, 11) is -4.02. The minimum absolute atomic E-state index is 0.0726. The lowest BCUT2D eigenvalue weighted by molar-refractivity contribution is -0.141. The number of aliphatic carboxylic acids is 1. The second-order valence-electron chi connectivity index (χ2n) is 7.70. The molecule has 2 atom stereocenters. The van der Waals surface area contributed by atoms with Crippen molar-refractivity contribution in [1.82, 2.24) is 9.62 Å². The Labute approximate surface area is 197 Å². The standard InChI is InChI=1S/C24H26N2O5S2/c1-17-10-12-20(13-11-17)33(30,31)26(18(2)22-9-6-14-32-22)16-23(27)25-21(24(28)29)15-19-7-4-3-5-8-19/h3-14,18,21H,15-16H2,1-2H3,(H,25,27)(H,28,29)/t18?,21-/m0/s1. The molecule has 1 amide bonds. The van der Waals surface area contributed by atoms with E-state index in [1.165, 1.54) is 23.5 Å². The van der Waals surface area contributed by atoms with Gasteiger partial charge in [-0.1, -0.05) is 54.1 Å². The normalized spacial score (nSPS) is 13.4. The van der Waals surface area contributed by atoms with Gasteiger partial charge in [0, 0.05) is 11.3 Å². The van der Waals surface area contributed by atoms with Gasteiger partial charge in [0.1, 0.15) is 6.04 Å². The molecule has 1 unspecified atom stereocenters. The van der Waals surface area contributed by atoms with E-state index >= 15 is 0 Å². The Balaban J connectivity index is 1.85. The first-order chi connectivity index (χ1) is 15.7. The van der Waals surface area contributed by atoms with Crippen LogP contribution in [0.1, 0.15) is 29.0 Å². The number of nitrogens with zero attached hydrogens (tertiary/aromatic N) is 1. The summed E-state index contributed by atoms with van der Waals surface area (Å²) in [5.74, 6) is -1.87. The second-order valence-corrected chi connectivity index (χ2v) is 10.6. The number of sulfonamides is 1. The summed E-state index contributed by atoms with van der Waals surface area (Å²) in [6.45, 7) is 3.06. The number of nitrogens with one attached hydrogen (secondary N) is 1. The highest BCUT2D eigenvalue weighted by Gasteiger charge is 2.33. The first-order valence-corrected chi connectivity index (χ1v) is 12.7. The molecule has 1 heterocycles. The second kappa shape index (κ2) is 10.7. The minimum Gasteiger partial charge on any atom is -0.480 e. The van der Waals surface area contributed by atoms with Crippen molar-refractivity contribution in [1.29, 1.82) is 0 Å². The summed E-state index contributed by atoms with van der Waals surface area (Å²) >= 11 is 1.39. The number of rotatable bonds is 10. The van der Waals surface area contributed by atoms with E-state index in [1.807, 2.05) is 24.4 Å². The molecule has 33 heavy (non-hydrogen) atoms. The van der Waals surface area contributed by atoms with Crippen LogP contribution in [0.5, 0.6) is 0 Å². The average molecular weight is 487 g/mol. The summed E-state index contributed by atoms with van der Waals surface area (Å²) in [5, 5.41) is 13.9. The van der Waals surface area contributed by atoms with Crippen LogP contribution in [0.2, 0.25) is 0 Å². The predicted octanol–water partition coefficient (Wildman–Crippen LogP) is 3.62. The van der Waals surface area contributed by atoms with Gasteiger partial charge in [0.05, 0.1) is 17.5 Å². The Bertz CT molecular complexity index is 1180. The van der Waals surface area contributed by atoms with Crippen molar-refractivity contribution in [3.05, 3.63) is 88.1 Å². The molecule has 1 aromatic heterocycles. The molecule has 0 saturated heterocycles. The Kier molecular flexibility index (Phi) is 8.01. The third kappa shape index (κ3) is 6.28. The molecule has 0 aliphatic heterocycles. The number of aryl methyl sites for hydroxylation is 1. The lowest BCUT2D eigenvalue weighted by atomic mass is 10.1. The van der Waals surface area contributed by atoms with E-state index in [1.54, 1.807) is 49.4 Å².